The normalized spacial score (nSPS) is 20.0. The first-order chi connectivity index (χ1) is 12.9. The van der Waals surface area contributed by atoms with Crippen LogP contribution in [0.3, 0.4) is 0 Å². The number of benzene rings is 1. The zero-order valence-electron chi connectivity index (χ0n) is 16.1. The molecule has 2 unspecified atom stereocenters. The van der Waals surface area contributed by atoms with Crippen molar-refractivity contribution in [2.45, 2.75) is 27.2 Å². The van der Waals surface area contributed by atoms with Crippen LogP contribution in [-0.4, -0.2) is 29.8 Å². The topological polar surface area (TPSA) is 49.4 Å². The summed E-state index contributed by atoms with van der Waals surface area (Å²) in [6, 6.07) is 11.3. The summed E-state index contributed by atoms with van der Waals surface area (Å²) >= 11 is 1.64. The number of nitrogens with zero attached hydrogens (tertiary/aromatic N) is 1. The van der Waals surface area contributed by atoms with Crippen LogP contribution >= 0.6 is 11.3 Å². The van der Waals surface area contributed by atoms with E-state index in [4.69, 9.17) is 0 Å². The van der Waals surface area contributed by atoms with Gasteiger partial charge in [-0.1, -0.05) is 26.0 Å². The molecule has 27 heavy (non-hydrogen) atoms. The molecule has 0 aliphatic carbocycles. The lowest BCUT2D eigenvalue weighted by Gasteiger charge is -2.35. The maximum Gasteiger partial charge on any atom is 0.255 e. The Morgan fingerprint density at radius 3 is 2.48 bits per heavy atom. The lowest BCUT2D eigenvalue weighted by Crippen LogP contribution is -2.42. The smallest absolute Gasteiger partial charge is 0.255 e. The van der Waals surface area contributed by atoms with Crippen molar-refractivity contribution in [2.75, 3.05) is 18.4 Å². The van der Waals surface area contributed by atoms with Crippen molar-refractivity contribution < 1.29 is 9.59 Å². The zero-order valence-corrected chi connectivity index (χ0v) is 16.9. The Balaban J connectivity index is 1.72. The average Bonchev–Trinajstić information content (AvgIpc) is 3.04. The Morgan fingerprint density at radius 2 is 1.81 bits per heavy atom. The molecular formula is C22H26N2O2S. The minimum Gasteiger partial charge on any atom is -0.338 e. The zero-order chi connectivity index (χ0) is 19.4. The third-order valence-corrected chi connectivity index (χ3v) is 5.70. The molecule has 1 N–H and O–H groups in total. The number of anilines is 1. The van der Waals surface area contributed by atoms with Crippen LogP contribution in [0.1, 0.15) is 40.4 Å². The SMILES string of the molecule is Cc1ccc(/C=C/C(=O)Nc2ccccc2C(=O)N2CC(C)CC(C)C2)s1. The van der Waals surface area contributed by atoms with Gasteiger partial charge in [0.15, 0.2) is 0 Å². The summed E-state index contributed by atoms with van der Waals surface area (Å²) < 4.78 is 0. The Kier molecular flexibility index (Phi) is 6.11. The molecule has 0 bridgehead atoms. The van der Waals surface area contributed by atoms with E-state index in [2.05, 4.69) is 19.2 Å². The van der Waals surface area contributed by atoms with Crippen molar-refractivity contribution in [1.82, 2.24) is 4.90 Å². The summed E-state index contributed by atoms with van der Waals surface area (Å²) in [6.07, 6.45) is 4.46. The molecule has 2 atom stereocenters. The number of thiophene rings is 1. The number of carbonyl (C=O) groups is 2. The minimum atomic E-state index is -0.235. The van der Waals surface area contributed by atoms with Crippen LogP contribution in [0.25, 0.3) is 6.08 Å². The summed E-state index contributed by atoms with van der Waals surface area (Å²) in [5.74, 6) is 0.747. The summed E-state index contributed by atoms with van der Waals surface area (Å²) in [5, 5.41) is 2.86. The summed E-state index contributed by atoms with van der Waals surface area (Å²) in [4.78, 5) is 29.5. The van der Waals surface area contributed by atoms with Crippen molar-refractivity contribution in [3.8, 4) is 0 Å². The van der Waals surface area contributed by atoms with Gasteiger partial charge >= 0.3 is 0 Å². The van der Waals surface area contributed by atoms with Gasteiger partial charge in [-0.25, -0.2) is 0 Å². The maximum atomic E-state index is 13.0. The van der Waals surface area contributed by atoms with E-state index in [0.29, 0.717) is 23.1 Å². The molecule has 3 rings (SSSR count). The molecule has 0 spiro atoms. The molecule has 1 aliphatic rings. The van der Waals surface area contributed by atoms with Gasteiger partial charge in [0.2, 0.25) is 5.91 Å². The quantitative estimate of drug-likeness (QED) is 0.770. The fourth-order valence-electron chi connectivity index (χ4n) is 3.65. The van der Waals surface area contributed by atoms with Crippen molar-refractivity contribution >= 4 is 34.9 Å². The van der Waals surface area contributed by atoms with E-state index in [1.807, 2.05) is 36.1 Å². The highest BCUT2D eigenvalue weighted by molar-refractivity contribution is 7.12. The average molecular weight is 383 g/mol. The third-order valence-electron chi connectivity index (χ3n) is 4.73. The maximum absolute atomic E-state index is 13.0. The second-order valence-electron chi connectivity index (χ2n) is 7.47. The molecule has 5 heteroatoms. The predicted octanol–water partition coefficient (Wildman–Crippen LogP) is 4.83. The highest BCUT2D eigenvalue weighted by Crippen LogP contribution is 2.25. The largest absolute Gasteiger partial charge is 0.338 e. The van der Waals surface area contributed by atoms with Crippen molar-refractivity contribution in [1.29, 1.82) is 0 Å². The number of rotatable bonds is 4. The number of nitrogens with one attached hydrogen (secondary N) is 1. The molecular weight excluding hydrogens is 356 g/mol. The fraction of sp³-hybridized carbons (Fsp3) is 0.364. The number of para-hydroxylation sites is 1. The summed E-state index contributed by atoms with van der Waals surface area (Å²) in [5.41, 5.74) is 1.11. The molecule has 2 heterocycles. The second kappa shape index (κ2) is 8.53. The number of hydrogen-bond donors (Lipinski definition) is 1. The molecule has 1 aromatic heterocycles. The van der Waals surface area contributed by atoms with Gasteiger partial charge in [0.25, 0.3) is 5.91 Å². The van der Waals surface area contributed by atoms with E-state index >= 15 is 0 Å². The summed E-state index contributed by atoms with van der Waals surface area (Å²) in [7, 11) is 0. The number of carbonyl (C=O) groups excluding carboxylic acids is 2. The van der Waals surface area contributed by atoms with Crippen molar-refractivity contribution in [3.63, 3.8) is 0 Å². The number of hydrogen-bond acceptors (Lipinski definition) is 3. The molecule has 4 nitrogen and oxygen atoms in total. The lowest BCUT2D eigenvalue weighted by molar-refractivity contribution is -0.111. The Morgan fingerprint density at radius 1 is 1.11 bits per heavy atom. The molecule has 142 valence electrons. The highest BCUT2D eigenvalue weighted by Gasteiger charge is 2.27. The van der Waals surface area contributed by atoms with E-state index in [1.165, 1.54) is 11.0 Å². The monoisotopic (exact) mass is 382 g/mol. The van der Waals surface area contributed by atoms with Crippen LogP contribution < -0.4 is 5.32 Å². The van der Waals surface area contributed by atoms with Gasteiger partial charge in [-0.05, 0) is 55.5 Å². The molecule has 2 aromatic rings. The van der Waals surface area contributed by atoms with E-state index in [-0.39, 0.29) is 11.8 Å². The highest BCUT2D eigenvalue weighted by atomic mass is 32.1. The first-order valence-corrected chi connectivity index (χ1v) is 10.2. The Bertz CT molecular complexity index is 846. The van der Waals surface area contributed by atoms with Crippen LogP contribution in [0, 0.1) is 18.8 Å². The fourth-order valence-corrected chi connectivity index (χ4v) is 4.43. The minimum absolute atomic E-state index is 0.0119. The van der Waals surface area contributed by atoms with E-state index < -0.39 is 0 Å². The van der Waals surface area contributed by atoms with Crippen molar-refractivity contribution in [3.05, 3.63) is 57.8 Å². The van der Waals surface area contributed by atoms with Gasteiger partial charge in [0, 0.05) is 28.9 Å². The van der Waals surface area contributed by atoms with E-state index in [0.717, 1.165) is 24.4 Å². The predicted molar refractivity (Wildman–Crippen MR) is 112 cm³/mol. The number of likely N-dealkylation sites (tertiary alicyclic amines) is 1. The van der Waals surface area contributed by atoms with Crippen LogP contribution in [0.2, 0.25) is 0 Å². The van der Waals surface area contributed by atoms with E-state index in [1.54, 1.807) is 29.5 Å². The Labute approximate surface area is 164 Å². The van der Waals surface area contributed by atoms with Gasteiger partial charge in [-0.15, -0.1) is 11.3 Å². The first kappa shape index (κ1) is 19.4. The molecule has 0 saturated carbocycles. The van der Waals surface area contributed by atoms with Crippen molar-refractivity contribution in [2.24, 2.45) is 11.8 Å². The molecule has 1 aromatic carbocycles. The molecule has 1 aliphatic heterocycles. The second-order valence-corrected chi connectivity index (χ2v) is 8.79. The van der Waals surface area contributed by atoms with Gasteiger partial charge in [-0.3, -0.25) is 9.59 Å². The Hall–Kier alpha value is -2.40. The lowest BCUT2D eigenvalue weighted by atomic mass is 9.91. The molecule has 1 fully saturated rings. The summed E-state index contributed by atoms with van der Waals surface area (Å²) in [6.45, 7) is 7.93. The molecule has 2 amide bonds. The van der Waals surface area contributed by atoms with E-state index in [9.17, 15) is 9.59 Å². The standard InChI is InChI=1S/C22H26N2O2S/c1-15-12-16(2)14-24(13-15)22(26)19-6-4-5-7-20(19)23-21(25)11-10-18-9-8-17(3)27-18/h4-11,15-16H,12-14H2,1-3H3,(H,23,25)/b11-10+. The molecule has 1 saturated heterocycles. The first-order valence-electron chi connectivity index (χ1n) is 9.36. The van der Waals surface area contributed by atoms with Gasteiger partial charge < -0.3 is 10.2 Å². The number of amides is 2. The van der Waals surface area contributed by atoms with Gasteiger partial charge in [0.1, 0.15) is 0 Å². The molecule has 0 radical (unpaired) electrons. The van der Waals surface area contributed by atoms with Crippen LogP contribution in [0.5, 0.6) is 0 Å². The number of piperidine rings is 1. The van der Waals surface area contributed by atoms with Crippen LogP contribution in [0.15, 0.2) is 42.5 Å². The van der Waals surface area contributed by atoms with Crippen LogP contribution in [0.4, 0.5) is 5.69 Å². The van der Waals surface area contributed by atoms with Gasteiger partial charge in [0.05, 0.1) is 11.3 Å². The third kappa shape index (κ3) is 5.07. The van der Waals surface area contributed by atoms with Gasteiger partial charge in [-0.2, -0.15) is 0 Å². The van der Waals surface area contributed by atoms with Crippen LogP contribution in [-0.2, 0) is 4.79 Å². The number of aryl methyl sites for hydroxylation is 1.